The Morgan fingerprint density at radius 3 is 2.44 bits per heavy atom. The maximum atomic E-state index is 9.44. The fraction of sp³-hybridized carbons (Fsp3) is 0.400. The normalized spacial score (nSPS) is 20.9. The second-order valence-electron chi connectivity index (χ2n) is 7.74. The van der Waals surface area contributed by atoms with Crippen LogP contribution in [0, 0.1) is 18.8 Å². The van der Waals surface area contributed by atoms with Gasteiger partial charge in [-0.05, 0) is 81.9 Å². The summed E-state index contributed by atoms with van der Waals surface area (Å²) in [7, 11) is 0. The van der Waals surface area contributed by atoms with Crippen molar-refractivity contribution in [1.82, 2.24) is 4.90 Å². The number of carbonyl (C=O) groups excluding carboxylic acids is 1. The molecule has 2 aromatic carbocycles. The van der Waals surface area contributed by atoms with Crippen LogP contribution in [-0.4, -0.2) is 29.8 Å². The van der Waals surface area contributed by atoms with Crippen LogP contribution in [0.2, 0.25) is 0 Å². The smallest absolute Gasteiger partial charge is 0.126 e. The molecular weight excluding hydrogens is 330 g/mol. The molecule has 1 fully saturated rings. The maximum absolute atomic E-state index is 9.44. The third kappa shape index (κ3) is 5.08. The fourth-order valence-corrected chi connectivity index (χ4v) is 4.04. The van der Waals surface area contributed by atoms with Gasteiger partial charge in [0, 0.05) is 11.6 Å². The minimum Gasteiger partial charge on any atom is -0.300 e. The molecule has 1 heterocycles. The van der Waals surface area contributed by atoms with Crippen LogP contribution in [0.4, 0.5) is 0 Å². The summed E-state index contributed by atoms with van der Waals surface area (Å²) in [4.78, 5) is 12.1. The van der Waals surface area contributed by atoms with Crippen molar-refractivity contribution in [3.05, 3.63) is 70.8 Å². The molecule has 27 heavy (non-hydrogen) atoms. The van der Waals surface area contributed by atoms with E-state index in [2.05, 4.69) is 72.2 Å². The number of Topliss-reactive ketones (excluding diaryl/α,β-unsaturated/α-hetero) is 1. The molecule has 0 unspecified atom stereocenters. The summed E-state index contributed by atoms with van der Waals surface area (Å²) >= 11 is 0. The van der Waals surface area contributed by atoms with Crippen LogP contribution in [0.5, 0.6) is 0 Å². The Morgan fingerprint density at radius 2 is 1.74 bits per heavy atom. The zero-order valence-electron chi connectivity index (χ0n) is 16.7. The monoisotopic (exact) mass is 359 g/mol. The molecule has 0 bridgehead atoms. The molecule has 2 aliphatic rings. The molecule has 0 radical (unpaired) electrons. The summed E-state index contributed by atoms with van der Waals surface area (Å²) in [6.45, 7) is 7.66. The topological polar surface area (TPSA) is 20.3 Å². The maximum Gasteiger partial charge on any atom is 0.126 e. The molecule has 0 aromatic heterocycles. The van der Waals surface area contributed by atoms with E-state index >= 15 is 0 Å². The van der Waals surface area contributed by atoms with Crippen LogP contribution in [0.15, 0.2) is 48.5 Å². The van der Waals surface area contributed by atoms with Crippen LogP contribution in [0.25, 0.3) is 0 Å². The third-order valence-electron chi connectivity index (χ3n) is 5.20. The molecule has 2 atom stereocenters. The Labute approximate surface area is 163 Å². The van der Waals surface area contributed by atoms with Gasteiger partial charge in [0.2, 0.25) is 0 Å². The average molecular weight is 360 g/mol. The molecular formula is C25H29NO. The Balaban J connectivity index is 0.000000481. The molecule has 2 heteroatoms. The number of carbonyl (C=O) groups is 1. The van der Waals surface area contributed by atoms with Gasteiger partial charge in [-0.3, -0.25) is 4.90 Å². The van der Waals surface area contributed by atoms with E-state index in [0.717, 1.165) is 12.0 Å². The minimum atomic E-state index is 0.167. The van der Waals surface area contributed by atoms with Crippen molar-refractivity contribution in [3.63, 3.8) is 0 Å². The van der Waals surface area contributed by atoms with E-state index < -0.39 is 0 Å². The fourth-order valence-electron chi connectivity index (χ4n) is 4.04. The molecule has 0 spiro atoms. The molecule has 2 aromatic rings. The molecule has 1 aliphatic heterocycles. The Kier molecular flexibility index (Phi) is 6.48. The number of aryl methyl sites for hydroxylation is 1. The van der Waals surface area contributed by atoms with Crippen molar-refractivity contribution in [1.29, 1.82) is 0 Å². The quantitative estimate of drug-likeness (QED) is 0.685. The number of ketones is 1. The first-order chi connectivity index (χ1) is 13.0. The van der Waals surface area contributed by atoms with Crippen molar-refractivity contribution < 1.29 is 4.79 Å². The highest BCUT2D eigenvalue weighted by molar-refractivity contribution is 5.72. The van der Waals surface area contributed by atoms with Crippen molar-refractivity contribution >= 4 is 5.78 Å². The molecule has 2 nitrogen and oxygen atoms in total. The van der Waals surface area contributed by atoms with E-state index in [1.54, 1.807) is 0 Å². The number of hydrogen-bond donors (Lipinski definition) is 0. The lowest BCUT2D eigenvalue weighted by molar-refractivity contribution is -0.114. The SMILES string of the molecule is CC(C)=O.Cc1cccc(C#C[C@H]2c3ccccc3C[C@@H]2N2CCCC2)c1. The van der Waals surface area contributed by atoms with Crippen LogP contribution < -0.4 is 0 Å². The molecule has 1 saturated heterocycles. The first-order valence-corrected chi connectivity index (χ1v) is 9.92. The van der Waals surface area contributed by atoms with E-state index in [1.807, 2.05) is 0 Å². The van der Waals surface area contributed by atoms with Gasteiger partial charge in [0.1, 0.15) is 5.78 Å². The molecule has 4 rings (SSSR count). The largest absolute Gasteiger partial charge is 0.300 e. The average Bonchev–Trinajstić information content (AvgIpc) is 3.27. The number of nitrogens with zero attached hydrogens (tertiary/aromatic N) is 1. The number of hydrogen-bond acceptors (Lipinski definition) is 2. The van der Waals surface area contributed by atoms with Gasteiger partial charge in [-0.15, -0.1) is 0 Å². The molecule has 140 valence electrons. The van der Waals surface area contributed by atoms with Gasteiger partial charge in [0.05, 0.1) is 5.92 Å². The lowest BCUT2D eigenvalue weighted by atomic mass is 9.97. The van der Waals surface area contributed by atoms with Crippen LogP contribution >= 0.6 is 0 Å². The highest BCUT2D eigenvalue weighted by Crippen LogP contribution is 2.37. The Hall–Kier alpha value is -2.37. The highest BCUT2D eigenvalue weighted by Gasteiger charge is 2.36. The van der Waals surface area contributed by atoms with Gasteiger partial charge in [-0.1, -0.05) is 48.2 Å². The predicted octanol–water partition coefficient (Wildman–Crippen LogP) is 4.75. The summed E-state index contributed by atoms with van der Waals surface area (Å²) in [6.07, 6.45) is 3.83. The van der Waals surface area contributed by atoms with E-state index in [4.69, 9.17) is 0 Å². The van der Waals surface area contributed by atoms with Gasteiger partial charge in [-0.2, -0.15) is 0 Å². The molecule has 1 aliphatic carbocycles. The predicted molar refractivity (Wildman–Crippen MR) is 112 cm³/mol. The lowest BCUT2D eigenvalue weighted by Gasteiger charge is -2.26. The highest BCUT2D eigenvalue weighted by atomic mass is 16.1. The van der Waals surface area contributed by atoms with Crippen molar-refractivity contribution in [2.45, 2.75) is 52.0 Å². The van der Waals surface area contributed by atoms with Gasteiger partial charge in [0.15, 0.2) is 0 Å². The standard InChI is InChI=1S/C22H23N.C3H6O/c1-17-7-6-8-18(15-17)11-12-21-20-10-3-2-9-19(20)16-22(21)23-13-4-5-14-23;1-3(2)4/h2-3,6-10,15,21-22H,4-5,13-14,16H2,1H3;1-2H3/t21-,22-;/m0./s1. The molecule has 0 saturated carbocycles. The van der Waals surface area contributed by atoms with E-state index in [1.165, 1.54) is 56.5 Å². The zero-order chi connectivity index (χ0) is 19.2. The van der Waals surface area contributed by atoms with Crippen LogP contribution in [0.3, 0.4) is 0 Å². The van der Waals surface area contributed by atoms with Crippen molar-refractivity contribution in [2.75, 3.05) is 13.1 Å². The lowest BCUT2D eigenvalue weighted by Crippen LogP contribution is -2.35. The summed E-state index contributed by atoms with van der Waals surface area (Å²) in [6, 6.07) is 18.0. The Bertz CT molecular complexity index is 848. The number of rotatable bonds is 1. The summed E-state index contributed by atoms with van der Waals surface area (Å²) in [5.41, 5.74) is 5.35. The second-order valence-corrected chi connectivity index (χ2v) is 7.74. The van der Waals surface area contributed by atoms with Gasteiger partial charge < -0.3 is 4.79 Å². The van der Waals surface area contributed by atoms with E-state index in [9.17, 15) is 4.79 Å². The summed E-state index contributed by atoms with van der Waals surface area (Å²) in [5, 5.41) is 0. The van der Waals surface area contributed by atoms with Crippen LogP contribution in [-0.2, 0) is 11.2 Å². The van der Waals surface area contributed by atoms with E-state index in [0.29, 0.717) is 12.0 Å². The number of likely N-dealkylation sites (tertiary alicyclic amines) is 1. The first kappa shape index (κ1) is 19.4. The minimum absolute atomic E-state index is 0.167. The van der Waals surface area contributed by atoms with Crippen LogP contribution in [0.1, 0.15) is 54.9 Å². The van der Waals surface area contributed by atoms with Gasteiger partial charge in [0.25, 0.3) is 0 Å². The number of benzene rings is 2. The summed E-state index contributed by atoms with van der Waals surface area (Å²) in [5.74, 6) is 7.58. The summed E-state index contributed by atoms with van der Waals surface area (Å²) < 4.78 is 0. The van der Waals surface area contributed by atoms with Crippen molar-refractivity contribution in [3.8, 4) is 11.8 Å². The number of fused-ring (bicyclic) bond motifs is 1. The third-order valence-corrected chi connectivity index (χ3v) is 5.20. The molecule has 0 N–H and O–H groups in total. The van der Waals surface area contributed by atoms with Crippen molar-refractivity contribution in [2.24, 2.45) is 0 Å². The Morgan fingerprint density at radius 1 is 1.04 bits per heavy atom. The zero-order valence-corrected chi connectivity index (χ0v) is 16.7. The second kappa shape index (κ2) is 9.02. The first-order valence-electron chi connectivity index (χ1n) is 9.92. The van der Waals surface area contributed by atoms with E-state index in [-0.39, 0.29) is 5.78 Å². The molecule has 0 amide bonds. The van der Waals surface area contributed by atoms with Gasteiger partial charge in [-0.25, -0.2) is 0 Å². The van der Waals surface area contributed by atoms with Gasteiger partial charge >= 0.3 is 0 Å².